The van der Waals surface area contributed by atoms with Gasteiger partial charge in [0.05, 0.1) is 6.61 Å². The van der Waals surface area contributed by atoms with E-state index >= 15 is 0 Å². The molecule has 0 unspecified atom stereocenters. The Hall–Kier alpha value is -0.770. The van der Waals surface area contributed by atoms with Gasteiger partial charge in [-0.2, -0.15) is 0 Å². The Balaban J connectivity index is 3.57. The average molecular weight is 229 g/mol. The van der Waals surface area contributed by atoms with E-state index < -0.39 is 0 Å². The van der Waals surface area contributed by atoms with Crippen LogP contribution in [0.15, 0.2) is 4.99 Å². The quantitative estimate of drug-likeness (QED) is 0.413. The molecule has 0 rings (SSSR count). The first kappa shape index (κ1) is 15.2. The van der Waals surface area contributed by atoms with Gasteiger partial charge in [0.15, 0.2) is 5.96 Å². The third-order valence-electron chi connectivity index (χ3n) is 2.22. The molecule has 0 radical (unpaired) electrons. The van der Waals surface area contributed by atoms with Crippen LogP contribution in [0, 0.1) is 5.41 Å². The Kier molecular flexibility index (Phi) is 7.99. The second-order valence-corrected chi connectivity index (χ2v) is 5.08. The van der Waals surface area contributed by atoms with Gasteiger partial charge in [0.1, 0.15) is 0 Å². The second-order valence-electron chi connectivity index (χ2n) is 5.08. The predicted molar refractivity (Wildman–Crippen MR) is 69.9 cm³/mol. The van der Waals surface area contributed by atoms with Crippen molar-refractivity contribution in [2.24, 2.45) is 10.4 Å². The van der Waals surface area contributed by atoms with Crippen molar-refractivity contribution >= 4 is 5.96 Å². The second kappa shape index (κ2) is 8.39. The van der Waals surface area contributed by atoms with Gasteiger partial charge in [-0.25, -0.2) is 0 Å². The zero-order valence-electron chi connectivity index (χ0n) is 11.4. The largest absolute Gasteiger partial charge is 0.383 e. The van der Waals surface area contributed by atoms with Gasteiger partial charge >= 0.3 is 0 Å². The molecule has 0 aromatic heterocycles. The van der Waals surface area contributed by atoms with E-state index in [2.05, 4.69) is 36.4 Å². The van der Waals surface area contributed by atoms with Gasteiger partial charge in [-0.1, -0.05) is 20.8 Å². The van der Waals surface area contributed by atoms with Gasteiger partial charge in [-0.3, -0.25) is 4.99 Å². The van der Waals surface area contributed by atoms with Crippen LogP contribution in [-0.2, 0) is 4.74 Å². The summed E-state index contributed by atoms with van der Waals surface area (Å²) in [5.41, 5.74) is 0.411. The first-order valence-electron chi connectivity index (χ1n) is 5.93. The predicted octanol–water partition coefficient (Wildman–Crippen LogP) is 1.62. The van der Waals surface area contributed by atoms with Crippen molar-refractivity contribution in [3.8, 4) is 0 Å². The molecule has 0 aromatic carbocycles. The molecule has 0 amide bonds. The molecule has 4 nitrogen and oxygen atoms in total. The molecule has 16 heavy (non-hydrogen) atoms. The minimum Gasteiger partial charge on any atom is -0.383 e. The third-order valence-corrected chi connectivity index (χ3v) is 2.22. The molecule has 0 saturated carbocycles. The number of ether oxygens (including phenoxy) is 1. The monoisotopic (exact) mass is 229 g/mol. The maximum Gasteiger partial charge on any atom is 0.191 e. The highest BCUT2D eigenvalue weighted by Crippen LogP contribution is 2.19. The first-order valence-corrected chi connectivity index (χ1v) is 5.93. The summed E-state index contributed by atoms with van der Waals surface area (Å²) >= 11 is 0. The molecule has 0 aliphatic carbocycles. The fourth-order valence-electron chi connectivity index (χ4n) is 1.32. The molecule has 96 valence electrons. The smallest absolute Gasteiger partial charge is 0.191 e. The number of hydrogen-bond acceptors (Lipinski definition) is 2. The minimum absolute atomic E-state index is 0.411. The Morgan fingerprint density at radius 2 is 1.81 bits per heavy atom. The van der Waals surface area contributed by atoms with Crippen LogP contribution in [0.5, 0.6) is 0 Å². The fraction of sp³-hybridized carbons (Fsp3) is 0.917. The van der Waals surface area contributed by atoms with E-state index in [1.807, 2.05) is 0 Å². The van der Waals surface area contributed by atoms with Crippen molar-refractivity contribution in [3.05, 3.63) is 0 Å². The van der Waals surface area contributed by atoms with Crippen molar-refractivity contribution < 1.29 is 4.74 Å². The third kappa shape index (κ3) is 9.77. The molecule has 0 atom stereocenters. The highest BCUT2D eigenvalue weighted by molar-refractivity contribution is 5.79. The maximum atomic E-state index is 4.96. The molecule has 0 saturated heterocycles. The van der Waals surface area contributed by atoms with Gasteiger partial charge in [0, 0.05) is 27.2 Å². The highest BCUT2D eigenvalue weighted by atomic mass is 16.5. The molecule has 2 N–H and O–H groups in total. The van der Waals surface area contributed by atoms with Crippen LogP contribution in [0.1, 0.15) is 33.6 Å². The lowest BCUT2D eigenvalue weighted by Crippen LogP contribution is -2.39. The normalized spacial score (nSPS) is 12.7. The van der Waals surface area contributed by atoms with Crippen molar-refractivity contribution in [2.75, 3.05) is 33.9 Å². The van der Waals surface area contributed by atoms with Crippen LogP contribution in [0.3, 0.4) is 0 Å². The molecular formula is C12H27N3O. The molecule has 0 bridgehead atoms. The number of nitrogens with zero attached hydrogens (tertiary/aromatic N) is 1. The number of hydrogen-bond donors (Lipinski definition) is 2. The van der Waals surface area contributed by atoms with Crippen LogP contribution in [-0.4, -0.2) is 39.8 Å². The summed E-state index contributed by atoms with van der Waals surface area (Å²) in [6.45, 7) is 9.23. The van der Waals surface area contributed by atoms with Crippen LogP contribution < -0.4 is 10.6 Å². The molecule has 0 aliphatic heterocycles. The van der Waals surface area contributed by atoms with E-state index in [-0.39, 0.29) is 0 Å². The van der Waals surface area contributed by atoms with Gasteiger partial charge in [0.2, 0.25) is 0 Å². The summed E-state index contributed by atoms with van der Waals surface area (Å²) in [5, 5.41) is 6.47. The Morgan fingerprint density at radius 1 is 1.19 bits per heavy atom. The van der Waals surface area contributed by atoms with E-state index in [0.29, 0.717) is 12.0 Å². The van der Waals surface area contributed by atoms with Gasteiger partial charge < -0.3 is 15.4 Å². The van der Waals surface area contributed by atoms with Crippen molar-refractivity contribution in [1.29, 1.82) is 0 Å². The summed E-state index contributed by atoms with van der Waals surface area (Å²) in [5.74, 6) is 0.853. The Labute approximate surface area is 99.9 Å². The van der Waals surface area contributed by atoms with E-state index in [1.54, 1.807) is 14.2 Å². The number of rotatable bonds is 6. The minimum atomic E-state index is 0.411. The molecule has 0 aliphatic rings. The molecule has 0 heterocycles. The lowest BCUT2D eigenvalue weighted by molar-refractivity contribution is 0.203. The highest BCUT2D eigenvalue weighted by Gasteiger charge is 2.08. The fourth-order valence-corrected chi connectivity index (χ4v) is 1.32. The zero-order chi connectivity index (χ0) is 12.4. The Bertz CT molecular complexity index is 197. The molecule has 4 heteroatoms. The van der Waals surface area contributed by atoms with Gasteiger partial charge in [-0.15, -0.1) is 0 Å². The SMILES string of the molecule is CN=C(NCCCC(C)(C)C)NCCOC. The van der Waals surface area contributed by atoms with Crippen LogP contribution >= 0.6 is 0 Å². The summed E-state index contributed by atoms with van der Waals surface area (Å²) in [6.07, 6.45) is 2.38. The maximum absolute atomic E-state index is 4.96. The van der Waals surface area contributed by atoms with E-state index in [4.69, 9.17) is 4.74 Å². The zero-order valence-corrected chi connectivity index (χ0v) is 11.4. The lowest BCUT2D eigenvalue weighted by atomic mass is 9.91. The lowest BCUT2D eigenvalue weighted by Gasteiger charge is -2.18. The number of guanidine groups is 1. The summed E-state index contributed by atoms with van der Waals surface area (Å²) in [7, 11) is 3.48. The van der Waals surface area contributed by atoms with Gasteiger partial charge in [-0.05, 0) is 18.3 Å². The van der Waals surface area contributed by atoms with Crippen molar-refractivity contribution in [3.63, 3.8) is 0 Å². The summed E-state index contributed by atoms with van der Waals surface area (Å²) in [6, 6.07) is 0. The van der Waals surface area contributed by atoms with Crippen molar-refractivity contribution in [2.45, 2.75) is 33.6 Å². The van der Waals surface area contributed by atoms with Crippen LogP contribution in [0.2, 0.25) is 0 Å². The molecule has 0 fully saturated rings. The van der Waals surface area contributed by atoms with Crippen LogP contribution in [0.4, 0.5) is 0 Å². The molecule has 0 aromatic rings. The number of aliphatic imine (C=N–C) groups is 1. The van der Waals surface area contributed by atoms with Crippen molar-refractivity contribution in [1.82, 2.24) is 10.6 Å². The van der Waals surface area contributed by atoms with E-state index in [9.17, 15) is 0 Å². The number of nitrogens with one attached hydrogen (secondary N) is 2. The molecular weight excluding hydrogens is 202 g/mol. The first-order chi connectivity index (χ1) is 7.49. The Morgan fingerprint density at radius 3 is 2.31 bits per heavy atom. The molecule has 0 spiro atoms. The standard InChI is InChI=1S/C12H27N3O/c1-12(2,3)7-6-8-14-11(13-4)15-9-10-16-5/h6-10H2,1-5H3,(H2,13,14,15). The van der Waals surface area contributed by atoms with E-state index in [0.717, 1.165) is 25.5 Å². The van der Waals surface area contributed by atoms with E-state index in [1.165, 1.54) is 6.42 Å². The number of methoxy groups -OCH3 is 1. The van der Waals surface area contributed by atoms with Crippen LogP contribution in [0.25, 0.3) is 0 Å². The topological polar surface area (TPSA) is 45.7 Å². The average Bonchev–Trinajstić information content (AvgIpc) is 2.20. The summed E-state index contributed by atoms with van der Waals surface area (Å²) < 4.78 is 4.96. The summed E-state index contributed by atoms with van der Waals surface area (Å²) in [4.78, 5) is 4.13. The van der Waals surface area contributed by atoms with Gasteiger partial charge in [0.25, 0.3) is 0 Å².